The normalized spacial score (nSPS) is 11.2. The molecule has 2 aromatic rings. The van der Waals surface area contributed by atoms with Crippen molar-refractivity contribution in [3.63, 3.8) is 0 Å². The molecule has 0 saturated carbocycles. The van der Waals surface area contributed by atoms with Gasteiger partial charge in [-0.05, 0) is 12.1 Å². The minimum absolute atomic E-state index is 0.367. The first-order valence-corrected chi connectivity index (χ1v) is 5.41. The lowest BCUT2D eigenvalue weighted by Crippen LogP contribution is -2.07. The number of hydrogen-bond donors (Lipinski definition) is 0. The maximum Gasteiger partial charge on any atom is 0.417 e. The van der Waals surface area contributed by atoms with Crippen LogP contribution in [0.1, 0.15) is 11.1 Å². The van der Waals surface area contributed by atoms with E-state index in [-0.39, 0.29) is 5.56 Å². The van der Waals surface area contributed by atoms with Gasteiger partial charge in [0.15, 0.2) is 0 Å². The van der Waals surface area contributed by atoms with Crippen LogP contribution in [-0.4, -0.2) is 4.98 Å². The fourth-order valence-electron chi connectivity index (χ4n) is 1.38. The number of hydrogen-bond acceptors (Lipinski definition) is 3. The largest absolute Gasteiger partial charge is 0.417 e. The smallest absolute Gasteiger partial charge is 0.245 e. The van der Waals surface area contributed by atoms with Gasteiger partial charge in [0.1, 0.15) is 5.01 Å². The van der Waals surface area contributed by atoms with Crippen LogP contribution < -0.4 is 0 Å². The van der Waals surface area contributed by atoms with Crippen LogP contribution in [0, 0.1) is 11.3 Å². The van der Waals surface area contributed by atoms with Crippen LogP contribution in [-0.2, 0) is 6.18 Å². The quantitative estimate of drug-likeness (QED) is 0.778. The predicted octanol–water partition coefficient (Wildman–Crippen LogP) is 3.70. The number of aromatic nitrogens is 1. The highest BCUT2D eigenvalue weighted by molar-refractivity contribution is 7.13. The highest BCUT2D eigenvalue weighted by Crippen LogP contribution is 2.35. The second kappa shape index (κ2) is 4.18. The zero-order valence-corrected chi connectivity index (χ0v) is 9.14. The van der Waals surface area contributed by atoms with Gasteiger partial charge < -0.3 is 0 Å². The van der Waals surface area contributed by atoms with Crippen LogP contribution in [0.15, 0.2) is 29.8 Å². The molecule has 0 aliphatic carbocycles. The van der Waals surface area contributed by atoms with Crippen LogP contribution in [0.2, 0.25) is 0 Å². The number of alkyl halides is 3. The van der Waals surface area contributed by atoms with Crippen molar-refractivity contribution < 1.29 is 13.2 Å². The Morgan fingerprint density at radius 2 is 2.06 bits per heavy atom. The Morgan fingerprint density at radius 3 is 2.59 bits per heavy atom. The zero-order chi connectivity index (χ0) is 12.5. The first-order chi connectivity index (χ1) is 8.02. The Labute approximate surface area is 99.0 Å². The molecular weight excluding hydrogens is 249 g/mol. The van der Waals surface area contributed by atoms with E-state index < -0.39 is 11.7 Å². The molecule has 0 amide bonds. The third-order valence-electron chi connectivity index (χ3n) is 2.12. The first-order valence-electron chi connectivity index (χ1n) is 4.53. The molecular formula is C11H5F3N2S. The van der Waals surface area contributed by atoms with Gasteiger partial charge in [0, 0.05) is 17.1 Å². The van der Waals surface area contributed by atoms with Crippen LogP contribution in [0.4, 0.5) is 13.2 Å². The summed E-state index contributed by atoms with van der Waals surface area (Å²) in [5.41, 5.74) is -0.933. The summed E-state index contributed by atoms with van der Waals surface area (Å²) >= 11 is 1.25. The molecule has 2 rings (SSSR count). The van der Waals surface area contributed by atoms with Crippen molar-refractivity contribution in [3.05, 3.63) is 40.9 Å². The Bertz CT molecular complexity index is 567. The van der Waals surface area contributed by atoms with Crippen molar-refractivity contribution in [2.45, 2.75) is 6.18 Å². The Kier molecular flexibility index (Phi) is 2.86. The number of halogens is 3. The average Bonchev–Trinajstić information content (AvgIpc) is 2.80. The lowest BCUT2D eigenvalue weighted by Gasteiger charge is -2.09. The van der Waals surface area contributed by atoms with E-state index in [1.165, 1.54) is 35.7 Å². The van der Waals surface area contributed by atoms with Gasteiger partial charge in [-0.25, -0.2) is 4.98 Å². The van der Waals surface area contributed by atoms with E-state index in [1.807, 2.05) is 0 Å². The Morgan fingerprint density at radius 1 is 1.29 bits per heavy atom. The summed E-state index contributed by atoms with van der Waals surface area (Å²) < 4.78 is 38.1. The summed E-state index contributed by atoms with van der Waals surface area (Å²) in [6, 6.07) is 5.12. The van der Waals surface area contributed by atoms with E-state index in [4.69, 9.17) is 5.26 Å². The molecule has 0 saturated heterocycles. The summed E-state index contributed by atoms with van der Waals surface area (Å²) in [4.78, 5) is 3.93. The van der Waals surface area contributed by atoms with Gasteiger partial charge in [0.2, 0.25) is 0 Å². The molecule has 0 bridgehead atoms. The summed E-state index contributed by atoms with van der Waals surface area (Å²) in [6.45, 7) is 0. The second-order valence-electron chi connectivity index (χ2n) is 3.21. The monoisotopic (exact) mass is 254 g/mol. The first kappa shape index (κ1) is 11.6. The minimum Gasteiger partial charge on any atom is -0.245 e. The summed E-state index contributed by atoms with van der Waals surface area (Å²) in [6.07, 6.45) is -3.01. The molecule has 0 radical (unpaired) electrons. The maximum atomic E-state index is 12.7. The number of rotatable bonds is 1. The fraction of sp³-hybridized carbons (Fsp3) is 0.0909. The molecule has 86 valence electrons. The lowest BCUT2D eigenvalue weighted by molar-refractivity contribution is -0.137. The van der Waals surface area contributed by atoms with E-state index in [0.29, 0.717) is 10.6 Å². The van der Waals surface area contributed by atoms with Crippen molar-refractivity contribution in [1.82, 2.24) is 4.98 Å². The molecule has 0 unspecified atom stereocenters. The van der Waals surface area contributed by atoms with E-state index in [2.05, 4.69) is 4.98 Å². The molecule has 0 N–H and O–H groups in total. The Balaban J connectivity index is 2.58. The van der Waals surface area contributed by atoms with Gasteiger partial charge in [-0.15, -0.1) is 11.3 Å². The van der Waals surface area contributed by atoms with Crippen molar-refractivity contribution in [2.24, 2.45) is 0 Å². The van der Waals surface area contributed by atoms with Gasteiger partial charge in [0.25, 0.3) is 0 Å². The molecule has 0 aliphatic heterocycles. The molecule has 0 fully saturated rings. The van der Waals surface area contributed by atoms with Gasteiger partial charge in [-0.3, -0.25) is 0 Å². The third kappa shape index (κ3) is 2.29. The van der Waals surface area contributed by atoms with Gasteiger partial charge in [-0.2, -0.15) is 18.4 Å². The predicted molar refractivity (Wildman–Crippen MR) is 57.3 cm³/mol. The topological polar surface area (TPSA) is 36.7 Å². The lowest BCUT2D eigenvalue weighted by atomic mass is 10.0. The van der Waals surface area contributed by atoms with Crippen molar-refractivity contribution in [2.75, 3.05) is 0 Å². The fourth-order valence-corrected chi connectivity index (χ4v) is 2.01. The molecule has 1 heterocycles. The van der Waals surface area contributed by atoms with E-state index >= 15 is 0 Å². The van der Waals surface area contributed by atoms with Crippen LogP contribution in [0.3, 0.4) is 0 Å². The SMILES string of the molecule is N#Cc1ccc(-c2nccs2)cc1C(F)(F)F. The number of nitriles is 1. The van der Waals surface area contributed by atoms with Crippen molar-refractivity contribution in [1.29, 1.82) is 5.26 Å². The summed E-state index contributed by atoms with van der Waals surface area (Å²) in [7, 11) is 0. The molecule has 0 aliphatic rings. The van der Waals surface area contributed by atoms with Crippen LogP contribution >= 0.6 is 11.3 Å². The van der Waals surface area contributed by atoms with E-state index in [9.17, 15) is 13.2 Å². The van der Waals surface area contributed by atoms with Crippen molar-refractivity contribution in [3.8, 4) is 16.6 Å². The highest BCUT2D eigenvalue weighted by atomic mass is 32.1. The highest BCUT2D eigenvalue weighted by Gasteiger charge is 2.34. The van der Waals surface area contributed by atoms with Crippen molar-refractivity contribution >= 4 is 11.3 Å². The summed E-state index contributed by atoms with van der Waals surface area (Å²) in [5, 5.41) is 10.8. The number of benzene rings is 1. The van der Waals surface area contributed by atoms with Gasteiger partial charge >= 0.3 is 6.18 Å². The number of thiazole rings is 1. The maximum absolute atomic E-state index is 12.7. The summed E-state index contributed by atoms with van der Waals surface area (Å²) in [5.74, 6) is 0. The molecule has 0 atom stereocenters. The second-order valence-corrected chi connectivity index (χ2v) is 4.10. The molecule has 2 nitrogen and oxygen atoms in total. The third-order valence-corrected chi connectivity index (χ3v) is 2.95. The average molecular weight is 254 g/mol. The number of nitrogens with zero attached hydrogens (tertiary/aromatic N) is 2. The standard InChI is InChI=1S/C11H5F3N2S/c12-11(13,14)9-5-7(1-2-8(9)6-15)10-16-3-4-17-10/h1-5H. The molecule has 6 heteroatoms. The molecule has 1 aromatic carbocycles. The van der Waals surface area contributed by atoms with Gasteiger partial charge in [-0.1, -0.05) is 6.07 Å². The van der Waals surface area contributed by atoms with Crippen LogP contribution in [0.5, 0.6) is 0 Å². The molecule has 17 heavy (non-hydrogen) atoms. The van der Waals surface area contributed by atoms with Crippen LogP contribution in [0.25, 0.3) is 10.6 Å². The molecule has 0 spiro atoms. The Hall–Kier alpha value is -1.87. The molecule has 1 aromatic heterocycles. The minimum atomic E-state index is -4.53. The van der Waals surface area contributed by atoms with Gasteiger partial charge in [0.05, 0.1) is 17.2 Å². The van der Waals surface area contributed by atoms with E-state index in [0.717, 1.165) is 6.07 Å². The zero-order valence-electron chi connectivity index (χ0n) is 8.32. The van der Waals surface area contributed by atoms with E-state index in [1.54, 1.807) is 5.38 Å².